The van der Waals surface area contributed by atoms with Crippen LogP contribution in [0.4, 0.5) is 0 Å². The molecule has 78 valence electrons. The Labute approximate surface area is 93.4 Å². The predicted octanol–water partition coefficient (Wildman–Crippen LogP) is 1.77. The summed E-state index contributed by atoms with van der Waals surface area (Å²) in [4.78, 5) is 6.27. The zero-order chi connectivity index (χ0) is 10.9. The van der Waals surface area contributed by atoms with Crippen LogP contribution in [0.3, 0.4) is 0 Å². The first-order chi connectivity index (χ1) is 7.36. The van der Waals surface area contributed by atoms with Crippen molar-refractivity contribution in [2.45, 2.75) is 19.4 Å². The predicted molar refractivity (Wildman–Crippen MR) is 57.9 cm³/mol. The summed E-state index contributed by atoms with van der Waals surface area (Å²) in [5.74, 6) is 0. The van der Waals surface area contributed by atoms with E-state index in [1.807, 2.05) is 5.38 Å². The van der Waals surface area contributed by atoms with E-state index in [1.165, 1.54) is 0 Å². The number of hydrogen-bond donors (Lipinski definition) is 0. The van der Waals surface area contributed by atoms with Gasteiger partial charge in [0.2, 0.25) is 0 Å². The lowest BCUT2D eigenvalue weighted by Crippen LogP contribution is -2.25. The third kappa shape index (κ3) is 4.55. The van der Waals surface area contributed by atoms with E-state index < -0.39 is 0 Å². The van der Waals surface area contributed by atoms with E-state index >= 15 is 0 Å². The van der Waals surface area contributed by atoms with Crippen molar-refractivity contribution in [3.8, 4) is 12.1 Å². The Bertz CT molecular complexity index is 328. The summed E-state index contributed by atoms with van der Waals surface area (Å²) in [7, 11) is 0. The summed E-state index contributed by atoms with van der Waals surface area (Å²) in [5.41, 5.74) is 0. The SMILES string of the molecule is N#CCCN(CCC#N)Cc1nccs1. The molecule has 1 rings (SSSR count). The lowest BCUT2D eigenvalue weighted by Gasteiger charge is -2.17. The summed E-state index contributed by atoms with van der Waals surface area (Å²) in [5, 5.41) is 20.0. The molecule has 0 saturated carbocycles. The van der Waals surface area contributed by atoms with Gasteiger partial charge in [-0.3, -0.25) is 4.90 Å². The van der Waals surface area contributed by atoms with Crippen molar-refractivity contribution in [1.82, 2.24) is 9.88 Å². The standard InChI is InChI=1S/C10H12N4S/c11-3-1-6-14(7-2-4-12)9-10-13-5-8-15-10/h5,8H,1-2,6-7,9H2. The molecule has 15 heavy (non-hydrogen) atoms. The maximum atomic E-state index is 8.51. The van der Waals surface area contributed by atoms with Crippen LogP contribution in [0, 0.1) is 22.7 Å². The van der Waals surface area contributed by atoms with E-state index in [2.05, 4.69) is 22.0 Å². The summed E-state index contributed by atoms with van der Waals surface area (Å²) in [6.45, 7) is 2.15. The van der Waals surface area contributed by atoms with Crippen molar-refractivity contribution in [2.24, 2.45) is 0 Å². The molecule has 0 fully saturated rings. The monoisotopic (exact) mass is 220 g/mol. The van der Waals surface area contributed by atoms with Crippen LogP contribution in [0.25, 0.3) is 0 Å². The van der Waals surface area contributed by atoms with Gasteiger partial charge in [-0.15, -0.1) is 11.3 Å². The van der Waals surface area contributed by atoms with Gasteiger partial charge in [0.25, 0.3) is 0 Å². The lowest BCUT2D eigenvalue weighted by molar-refractivity contribution is 0.277. The molecule has 0 spiro atoms. The molecule has 0 radical (unpaired) electrons. The molecule has 0 aliphatic rings. The Morgan fingerprint density at radius 2 is 1.93 bits per heavy atom. The van der Waals surface area contributed by atoms with E-state index in [0.29, 0.717) is 25.9 Å². The summed E-state index contributed by atoms with van der Waals surface area (Å²) in [6, 6.07) is 4.23. The Kier molecular flexibility index (Phi) is 5.39. The zero-order valence-electron chi connectivity index (χ0n) is 8.39. The van der Waals surface area contributed by atoms with Gasteiger partial charge in [-0.25, -0.2) is 4.98 Å². The first kappa shape index (κ1) is 11.6. The van der Waals surface area contributed by atoms with Crippen LogP contribution in [-0.2, 0) is 6.54 Å². The Balaban J connectivity index is 2.42. The fourth-order valence-corrected chi connectivity index (χ4v) is 1.87. The average molecular weight is 220 g/mol. The van der Waals surface area contributed by atoms with Crippen LogP contribution in [0.15, 0.2) is 11.6 Å². The van der Waals surface area contributed by atoms with E-state index in [0.717, 1.165) is 11.6 Å². The quantitative estimate of drug-likeness (QED) is 0.733. The Morgan fingerprint density at radius 1 is 1.27 bits per heavy atom. The van der Waals surface area contributed by atoms with E-state index in [9.17, 15) is 0 Å². The molecular formula is C10H12N4S. The van der Waals surface area contributed by atoms with E-state index in [-0.39, 0.29) is 0 Å². The van der Waals surface area contributed by atoms with E-state index in [1.54, 1.807) is 17.5 Å². The van der Waals surface area contributed by atoms with Gasteiger partial charge in [-0.1, -0.05) is 0 Å². The molecule has 0 amide bonds. The van der Waals surface area contributed by atoms with Gasteiger partial charge in [-0.2, -0.15) is 10.5 Å². The fraction of sp³-hybridized carbons (Fsp3) is 0.500. The van der Waals surface area contributed by atoms with Gasteiger partial charge in [0, 0.05) is 37.5 Å². The molecule has 0 aromatic carbocycles. The highest BCUT2D eigenvalue weighted by Gasteiger charge is 2.06. The Hall–Kier alpha value is -1.43. The highest BCUT2D eigenvalue weighted by atomic mass is 32.1. The van der Waals surface area contributed by atoms with Crippen molar-refractivity contribution in [3.63, 3.8) is 0 Å². The fourth-order valence-electron chi connectivity index (χ4n) is 1.21. The third-order valence-corrected chi connectivity index (χ3v) is 2.69. The molecule has 4 nitrogen and oxygen atoms in total. The Morgan fingerprint density at radius 3 is 2.40 bits per heavy atom. The highest BCUT2D eigenvalue weighted by molar-refractivity contribution is 7.09. The van der Waals surface area contributed by atoms with Gasteiger partial charge in [0.05, 0.1) is 18.7 Å². The van der Waals surface area contributed by atoms with Gasteiger partial charge < -0.3 is 0 Å². The van der Waals surface area contributed by atoms with Crippen molar-refractivity contribution in [3.05, 3.63) is 16.6 Å². The topological polar surface area (TPSA) is 63.7 Å². The average Bonchev–Trinajstić information content (AvgIpc) is 2.74. The van der Waals surface area contributed by atoms with Gasteiger partial charge in [0.1, 0.15) is 5.01 Å². The van der Waals surface area contributed by atoms with Crippen LogP contribution in [0.2, 0.25) is 0 Å². The summed E-state index contributed by atoms with van der Waals surface area (Å²) < 4.78 is 0. The molecular weight excluding hydrogens is 208 g/mol. The maximum Gasteiger partial charge on any atom is 0.107 e. The number of thiazole rings is 1. The first-order valence-electron chi connectivity index (χ1n) is 4.71. The smallest absolute Gasteiger partial charge is 0.107 e. The first-order valence-corrected chi connectivity index (χ1v) is 5.59. The second kappa shape index (κ2) is 6.94. The van der Waals surface area contributed by atoms with Crippen molar-refractivity contribution < 1.29 is 0 Å². The molecule has 0 saturated heterocycles. The maximum absolute atomic E-state index is 8.51. The van der Waals surface area contributed by atoms with Crippen molar-refractivity contribution in [2.75, 3.05) is 13.1 Å². The van der Waals surface area contributed by atoms with Crippen LogP contribution >= 0.6 is 11.3 Å². The molecule has 0 N–H and O–H groups in total. The number of aromatic nitrogens is 1. The normalized spacial score (nSPS) is 9.80. The molecule has 0 unspecified atom stereocenters. The van der Waals surface area contributed by atoms with Crippen LogP contribution < -0.4 is 0 Å². The summed E-state index contributed by atoms with van der Waals surface area (Å²) >= 11 is 1.60. The zero-order valence-corrected chi connectivity index (χ0v) is 9.20. The minimum absolute atomic E-state index is 0.497. The number of nitrogens with zero attached hydrogens (tertiary/aromatic N) is 4. The van der Waals surface area contributed by atoms with Crippen LogP contribution in [-0.4, -0.2) is 23.0 Å². The molecule has 0 bridgehead atoms. The summed E-state index contributed by atoms with van der Waals surface area (Å²) in [6.07, 6.45) is 2.76. The number of rotatable bonds is 6. The van der Waals surface area contributed by atoms with Gasteiger partial charge >= 0.3 is 0 Å². The van der Waals surface area contributed by atoms with Crippen molar-refractivity contribution >= 4 is 11.3 Å². The largest absolute Gasteiger partial charge is 0.295 e. The molecule has 0 aliphatic heterocycles. The number of nitriles is 2. The molecule has 1 heterocycles. The highest BCUT2D eigenvalue weighted by Crippen LogP contribution is 2.08. The minimum atomic E-state index is 0.497. The molecule has 0 atom stereocenters. The second-order valence-electron chi connectivity index (χ2n) is 3.02. The molecule has 1 aromatic heterocycles. The van der Waals surface area contributed by atoms with Crippen molar-refractivity contribution in [1.29, 1.82) is 10.5 Å². The van der Waals surface area contributed by atoms with Gasteiger partial charge in [-0.05, 0) is 0 Å². The number of hydrogen-bond acceptors (Lipinski definition) is 5. The third-order valence-electron chi connectivity index (χ3n) is 1.92. The van der Waals surface area contributed by atoms with Crippen LogP contribution in [0.1, 0.15) is 17.8 Å². The molecule has 5 heteroatoms. The molecule has 1 aromatic rings. The molecule has 0 aliphatic carbocycles. The lowest BCUT2D eigenvalue weighted by atomic mass is 10.3. The second-order valence-corrected chi connectivity index (χ2v) is 4.00. The van der Waals surface area contributed by atoms with Crippen LogP contribution in [0.5, 0.6) is 0 Å². The van der Waals surface area contributed by atoms with Gasteiger partial charge in [0.15, 0.2) is 0 Å². The van der Waals surface area contributed by atoms with E-state index in [4.69, 9.17) is 10.5 Å². The minimum Gasteiger partial charge on any atom is -0.295 e.